The lowest BCUT2D eigenvalue weighted by atomic mass is 10.2. The van der Waals surface area contributed by atoms with Crippen LogP contribution in [0.4, 0.5) is 13.2 Å². The van der Waals surface area contributed by atoms with Crippen molar-refractivity contribution in [1.29, 1.82) is 0 Å². The minimum Gasteiger partial charge on any atom is -0.497 e. The van der Waals surface area contributed by atoms with Crippen molar-refractivity contribution in [3.63, 3.8) is 0 Å². The zero-order valence-corrected chi connectivity index (χ0v) is 13.9. The van der Waals surface area contributed by atoms with Crippen LogP contribution in [-0.4, -0.2) is 29.1 Å². The molecule has 0 fully saturated rings. The molecule has 0 bridgehead atoms. The lowest BCUT2D eigenvalue weighted by molar-refractivity contribution is -0.146. The maximum atomic E-state index is 13.2. The number of amides is 1. The number of hydrogen-bond acceptors (Lipinski definition) is 3. The predicted octanol–water partition coefficient (Wildman–Crippen LogP) is 3.49. The lowest BCUT2D eigenvalue weighted by Gasteiger charge is -2.12. The van der Waals surface area contributed by atoms with Crippen LogP contribution < -0.4 is 10.1 Å². The van der Waals surface area contributed by atoms with Gasteiger partial charge in [-0.1, -0.05) is 12.1 Å². The molecule has 1 amide bonds. The summed E-state index contributed by atoms with van der Waals surface area (Å²) in [6.07, 6.45) is -4.57. The number of imidazole rings is 1. The fraction of sp³-hybridized carbons (Fsp3) is 0.222. The van der Waals surface area contributed by atoms with Gasteiger partial charge < -0.3 is 14.6 Å². The fourth-order valence-corrected chi connectivity index (χ4v) is 2.64. The first-order valence-electron chi connectivity index (χ1n) is 7.85. The number of ether oxygens (including phenoxy) is 1. The Morgan fingerprint density at radius 3 is 2.50 bits per heavy atom. The summed E-state index contributed by atoms with van der Waals surface area (Å²) in [5.41, 5.74) is 1.04. The van der Waals surface area contributed by atoms with Gasteiger partial charge in [-0.05, 0) is 36.4 Å². The Labute approximate surface area is 147 Å². The molecule has 5 nitrogen and oxygen atoms in total. The molecule has 0 atom stereocenters. The highest BCUT2D eigenvalue weighted by molar-refractivity contribution is 5.94. The first kappa shape index (κ1) is 17.8. The molecule has 136 valence electrons. The highest BCUT2D eigenvalue weighted by Gasteiger charge is 2.37. The molecule has 3 aromatic rings. The Bertz CT molecular complexity index is 918. The second-order valence-corrected chi connectivity index (χ2v) is 5.56. The van der Waals surface area contributed by atoms with Gasteiger partial charge in [0.15, 0.2) is 0 Å². The molecule has 0 saturated heterocycles. The number of rotatable bonds is 5. The van der Waals surface area contributed by atoms with E-state index < -0.39 is 12.0 Å². The summed E-state index contributed by atoms with van der Waals surface area (Å²) in [6, 6.07) is 12.8. The van der Waals surface area contributed by atoms with Crippen molar-refractivity contribution < 1.29 is 22.7 Å². The number of nitrogens with zero attached hydrogens (tertiary/aromatic N) is 2. The van der Waals surface area contributed by atoms with Crippen LogP contribution in [0.5, 0.6) is 5.75 Å². The summed E-state index contributed by atoms with van der Waals surface area (Å²) < 4.78 is 45.8. The van der Waals surface area contributed by atoms with Crippen molar-refractivity contribution >= 4 is 16.9 Å². The minimum absolute atomic E-state index is 0.0360. The molecule has 0 radical (unpaired) electrons. The molecule has 0 aliphatic heterocycles. The molecule has 1 N–H and O–H groups in total. The van der Waals surface area contributed by atoms with E-state index in [2.05, 4.69) is 10.3 Å². The highest BCUT2D eigenvalue weighted by Crippen LogP contribution is 2.31. The van der Waals surface area contributed by atoms with Gasteiger partial charge in [0.25, 0.3) is 5.91 Å². The van der Waals surface area contributed by atoms with Crippen molar-refractivity contribution in [2.45, 2.75) is 12.7 Å². The molecule has 3 rings (SSSR count). The average molecular weight is 363 g/mol. The third-order valence-corrected chi connectivity index (χ3v) is 3.88. The number of carbonyl (C=O) groups is 1. The monoisotopic (exact) mass is 363 g/mol. The molecule has 1 aromatic heterocycles. The van der Waals surface area contributed by atoms with Gasteiger partial charge >= 0.3 is 6.18 Å². The van der Waals surface area contributed by atoms with Crippen LogP contribution in [0.3, 0.4) is 0 Å². The van der Waals surface area contributed by atoms with E-state index in [1.807, 2.05) is 0 Å². The van der Waals surface area contributed by atoms with Gasteiger partial charge in [0, 0.05) is 18.7 Å². The van der Waals surface area contributed by atoms with Crippen LogP contribution in [0.1, 0.15) is 16.2 Å². The van der Waals surface area contributed by atoms with Gasteiger partial charge in [-0.25, -0.2) is 4.98 Å². The molecule has 0 saturated carbocycles. The maximum Gasteiger partial charge on any atom is 0.449 e. The Morgan fingerprint density at radius 2 is 1.85 bits per heavy atom. The van der Waals surface area contributed by atoms with Crippen molar-refractivity contribution in [2.24, 2.45) is 0 Å². The number of fused-ring (bicyclic) bond motifs is 1. The second kappa shape index (κ2) is 7.07. The standard InChI is InChI=1S/C18H16F3N3O2/c1-26-13-8-6-12(7-9-13)16(25)22-10-11-24-15-5-3-2-4-14(15)23-17(24)18(19,20)21/h2-9H,10-11H2,1H3,(H,22,25). The number of benzene rings is 2. The summed E-state index contributed by atoms with van der Waals surface area (Å²) in [4.78, 5) is 15.8. The van der Waals surface area contributed by atoms with Gasteiger partial charge in [-0.3, -0.25) is 4.79 Å². The zero-order valence-electron chi connectivity index (χ0n) is 13.9. The normalized spacial score (nSPS) is 11.5. The third kappa shape index (κ3) is 3.63. The maximum absolute atomic E-state index is 13.2. The number of aromatic nitrogens is 2. The Morgan fingerprint density at radius 1 is 1.15 bits per heavy atom. The molecule has 0 unspecified atom stereocenters. The van der Waals surface area contributed by atoms with Crippen LogP contribution in [0.25, 0.3) is 11.0 Å². The summed E-state index contributed by atoms with van der Waals surface area (Å²) in [5, 5.41) is 2.62. The number of carbonyl (C=O) groups excluding carboxylic acids is 1. The van der Waals surface area contributed by atoms with E-state index in [-0.39, 0.29) is 24.5 Å². The topological polar surface area (TPSA) is 56.1 Å². The van der Waals surface area contributed by atoms with Gasteiger partial charge in [-0.2, -0.15) is 13.2 Å². The molecule has 8 heteroatoms. The van der Waals surface area contributed by atoms with E-state index in [4.69, 9.17) is 4.74 Å². The van der Waals surface area contributed by atoms with Crippen LogP contribution >= 0.6 is 0 Å². The van der Waals surface area contributed by atoms with E-state index in [0.717, 1.165) is 4.57 Å². The van der Waals surface area contributed by atoms with Crippen molar-refractivity contribution in [1.82, 2.24) is 14.9 Å². The van der Waals surface area contributed by atoms with Gasteiger partial charge in [0.05, 0.1) is 18.1 Å². The van der Waals surface area contributed by atoms with Crippen LogP contribution in [0.2, 0.25) is 0 Å². The molecule has 0 spiro atoms. The Hall–Kier alpha value is -3.03. The Balaban J connectivity index is 1.74. The van der Waals surface area contributed by atoms with E-state index in [9.17, 15) is 18.0 Å². The van der Waals surface area contributed by atoms with Crippen molar-refractivity contribution in [3.05, 3.63) is 59.9 Å². The summed E-state index contributed by atoms with van der Waals surface area (Å²) >= 11 is 0. The number of para-hydroxylation sites is 2. The summed E-state index contributed by atoms with van der Waals surface area (Å²) in [7, 11) is 1.52. The Kier molecular flexibility index (Phi) is 4.83. The van der Waals surface area contributed by atoms with Crippen LogP contribution in [-0.2, 0) is 12.7 Å². The molecule has 2 aromatic carbocycles. The van der Waals surface area contributed by atoms with Crippen molar-refractivity contribution in [2.75, 3.05) is 13.7 Å². The molecule has 1 heterocycles. The van der Waals surface area contributed by atoms with Gasteiger partial charge in [-0.15, -0.1) is 0 Å². The lowest BCUT2D eigenvalue weighted by Crippen LogP contribution is -2.28. The number of nitrogens with one attached hydrogen (secondary N) is 1. The van der Waals surface area contributed by atoms with E-state index in [0.29, 0.717) is 16.8 Å². The van der Waals surface area contributed by atoms with E-state index >= 15 is 0 Å². The smallest absolute Gasteiger partial charge is 0.449 e. The average Bonchev–Trinajstić information content (AvgIpc) is 3.01. The fourth-order valence-electron chi connectivity index (χ4n) is 2.64. The van der Waals surface area contributed by atoms with Gasteiger partial charge in [0.1, 0.15) is 5.75 Å². The van der Waals surface area contributed by atoms with E-state index in [1.165, 1.54) is 13.2 Å². The van der Waals surface area contributed by atoms with Crippen LogP contribution in [0, 0.1) is 0 Å². The largest absolute Gasteiger partial charge is 0.497 e. The van der Waals surface area contributed by atoms with Crippen LogP contribution in [0.15, 0.2) is 48.5 Å². The zero-order chi connectivity index (χ0) is 18.7. The number of alkyl halides is 3. The SMILES string of the molecule is COc1ccc(C(=O)NCCn2c(C(F)(F)F)nc3ccccc32)cc1. The quantitative estimate of drug-likeness (QED) is 0.755. The first-order chi connectivity index (χ1) is 12.4. The first-order valence-corrected chi connectivity index (χ1v) is 7.85. The predicted molar refractivity (Wildman–Crippen MR) is 90.1 cm³/mol. The molecule has 26 heavy (non-hydrogen) atoms. The molecular formula is C18H16F3N3O2. The third-order valence-electron chi connectivity index (χ3n) is 3.88. The highest BCUT2D eigenvalue weighted by atomic mass is 19.4. The number of methoxy groups -OCH3 is 1. The number of halogens is 3. The van der Waals surface area contributed by atoms with Gasteiger partial charge in [0.2, 0.25) is 5.82 Å². The number of hydrogen-bond donors (Lipinski definition) is 1. The van der Waals surface area contributed by atoms with Crippen molar-refractivity contribution in [3.8, 4) is 5.75 Å². The molecule has 0 aliphatic carbocycles. The second-order valence-electron chi connectivity index (χ2n) is 5.56. The minimum atomic E-state index is -4.57. The molecule has 0 aliphatic rings. The summed E-state index contributed by atoms with van der Waals surface area (Å²) in [5.74, 6) is -0.732. The molecular weight excluding hydrogens is 347 g/mol. The van der Waals surface area contributed by atoms with E-state index in [1.54, 1.807) is 42.5 Å². The summed E-state index contributed by atoms with van der Waals surface area (Å²) in [6.45, 7) is -0.00838.